The zero-order valence-electron chi connectivity index (χ0n) is 24.4. The molecule has 3 aromatic rings. The lowest BCUT2D eigenvalue weighted by Gasteiger charge is -2.10. The van der Waals surface area contributed by atoms with E-state index in [1.54, 1.807) is 24.3 Å². The van der Waals surface area contributed by atoms with Crippen LogP contribution >= 0.6 is 0 Å². The summed E-state index contributed by atoms with van der Waals surface area (Å²) in [6.45, 7) is 2.90. The number of azo groups is 1. The molecule has 0 unspecified atom stereocenters. The third-order valence-electron chi connectivity index (χ3n) is 6.99. The highest BCUT2D eigenvalue weighted by Gasteiger charge is 2.22. The van der Waals surface area contributed by atoms with Crippen LogP contribution < -0.4 is 10.6 Å². The molecule has 0 aliphatic rings. The van der Waals surface area contributed by atoms with Crippen molar-refractivity contribution in [2.75, 3.05) is 17.2 Å². The minimum Gasteiger partial charge on any atom is -0.364 e. The van der Waals surface area contributed by atoms with Crippen LogP contribution in [0.25, 0.3) is 0 Å². The SMILES string of the molecule is CCCCCCCCCCCCCCCCNc1ncnc(Nc2ccc(N=Nc3ccccc3)cc2)c1[N+](=O)[O-]. The van der Waals surface area contributed by atoms with Gasteiger partial charge in [0.15, 0.2) is 0 Å². The van der Waals surface area contributed by atoms with Crippen LogP contribution in [0.1, 0.15) is 96.8 Å². The molecule has 9 heteroatoms. The minimum atomic E-state index is -0.446. The summed E-state index contributed by atoms with van der Waals surface area (Å²) in [7, 11) is 0. The number of nitro groups is 1. The Morgan fingerprint density at radius 2 is 1.20 bits per heavy atom. The lowest BCUT2D eigenvalue weighted by Crippen LogP contribution is -2.09. The predicted molar refractivity (Wildman–Crippen MR) is 168 cm³/mol. The molecule has 0 saturated heterocycles. The molecule has 9 nitrogen and oxygen atoms in total. The first-order valence-electron chi connectivity index (χ1n) is 15.2. The highest BCUT2D eigenvalue weighted by atomic mass is 16.6. The van der Waals surface area contributed by atoms with Crippen molar-refractivity contribution in [3.63, 3.8) is 0 Å². The predicted octanol–water partition coefficient (Wildman–Crippen LogP) is 10.4. The first kappa shape index (κ1) is 31.6. The molecule has 0 aliphatic carbocycles. The van der Waals surface area contributed by atoms with E-state index in [1.807, 2.05) is 30.3 Å². The van der Waals surface area contributed by atoms with Crippen molar-refractivity contribution in [3.8, 4) is 0 Å². The van der Waals surface area contributed by atoms with E-state index in [9.17, 15) is 10.1 Å². The monoisotopic (exact) mass is 559 g/mol. The van der Waals surface area contributed by atoms with Crippen molar-refractivity contribution >= 4 is 34.4 Å². The van der Waals surface area contributed by atoms with Crippen LogP contribution in [-0.2, 0) is 0 Å². The fraction of sp³-hybridized carbons (Fsp3) is 0.500. The molecular weight excluding hydrogens is 514 g/mol. The Morgan fingerprint density at radius 3 is 1.76 bits per heavy atom. The number of nitrogens with one attached hydrogen (secondary N) is 2. The molecule has 0 amide bonds. The molecule has 0 aliphatic heterocycles. The highest BCUT2D eigenvalue weighted by Crippen LogP contribution is 2.32. The van der Waals surface area contributed by atoms with Crippen molar-refractivity contribution in [1.82, 2.24) is 9.97 Å². The van der Waals surface area contributed by atoms with Crippen LogP contribution in [0.4, 0.5) is 34.4 Å². The van der Waals surface area contributed by atoms with Gasteiger partial charge in [-0.05, 0) is 42.8 Å². The Balaban J connectivity index is 1.36. The Hall–Kier alpha value is -3.88. The number of hydrogen-bond donors (Lipinski definition) is 2. The molecule has 1 heterocycles. The van der Waals surface area contributed by atoms with E-state index in [0.29, 0.717) is 17.9 Å². The molecule has 0 atom stereocenters. The van der Waals surface area contributed by atoms with Crippen molar-refractivity contribution in [2.45, 2.75) is 96.8 Å². The van der Waals surface area contributed by atoms with Gasteiger partial charge in [-0.25, -0.2) is 9.97 Å². The molecule has 1 aromatic heterocycles. The number of anilines is 3. The zero-order chi connectivity index (χ0) is 29.0. The van der Waals surface area contributed by atoms with Gasteiger partial charge in [0.2, 0.25) is 11.6 Å². The summed E-state index contributed by atoms with van der Waals surface area (Å²) in [5, 5.41) is 26.5. The summed E-state index contributed by atoms with van der Waals surface area (Å²) in [4.78, 5) is 19.7. The molecule has 0 saturated carbocycles. The maximum Gasteiger partial charge on any atom is 0.353 e. The van der Waals surface area contributed by atoms with Gasteiger partial charge < -0.3 is 10.6 Å². The smallest absolute Gasteiger partial charge is 0.353 e. The normalized spacial score (nSPS) is 11.1. The van der Waals surface area contributed by atoms with E-state index in [1.165, 1.54) is 83.4 Å². The maximum atomic E-state index is 11.9. The molecule has 220 valence electrons. The van der Waals surface area contributed by atoms with Crippen LogP contribution in [0, 0.1) is 10.1 Å². The number of benzene rings is 2. The number of hydrogen-bond acceptors (Lipinski definition) is 8. The van der Waals surface area contributed by atoms with Gasteiger partial charge in [0.25, 0.3) is 0 Å². The lowest BCUT2D eigenvalue weighted by atomic mass is 10.0. The molecule has 0 radical (unpaired) electrons. The molecule has 41 heavy (non-hydrogen) atoms. The van der Waals surface area contributed by atoms with Gasteiger partial charge in [-0.2, -0.15) is 10.2 Å². The second-order valence-electron chi connectivity index (χ2n) is 10.4. The largest absolute Gasteiger partial charge is 0.364 e. The second kappa shape index (κ2) is 19.2. The first-order valence-corrected chi connectivity index (χ1v) is 15.2. The fourth-order valence-corrected chi connectivity index (χ4v) is 4.66. The van der Waals surface area contributed by atoms with E-state index in [4.69, 9.17) is 0 Å². The van der Waals surface area contributed by atoms with Crippen molar-refractivity contribution in [2.24, 2.45) is 10.2 Å². The van der Waals surface area contributed by atoms with Gasteiger partial charge in [-0.3, -0.25) is 10.1 Å². The third-order valence-corrected chi connectivity index (χ3v) is 6.99. The Kier molecular flexibility index (Phi) is 14.9. The molecule has 2 aromatic carbocycles. The van der Waals surface area contributed by atoms with Crippen LogP contribution in [-0.4, -0.2) is 21.4 Å². The van der Waals surface area contributed by atoms with E-state index in [2.05, 4.69) is 37.8 Å². The topological polar surface area (TPSA) is 118 Å². The van der Waals surface area contributed by atoms with E-state index < -0.39 is 4.92 Å². The summed E-state index contributed by atoms with van der Waals surface area (Å²) >= 11 is 0. The van der Waals surface area contributed by atoms with Crippen molar-refractivity contribution in [3.05, 3.63) is 71.0 Å². The van der Waals surface area contributed by atoms with Crippen LogP contribution in [0.2, 0.25) is 0 Å². The van der Waals surface area contributed by atoms with E-state index in [-0.39, 0.29) is 17.3 Å². The third kappa shape index (κ3) is 12.4. The van der Waals surface area contributed by atoms with Crippen LogP contribution in [0.3, 0.4) is 0 Å². The molecule has 0 fully saturated rings. The van der Waals surface area contributed by atoms with E-state index >= 15 is 0 Å². The van der Waals surface area contributed by atoms with E-state index in [0.717, 1.165) is 18.5 Å². The number of rotatable bonds is 21. The van der Waals surface area contributed by atoms with Gasteiger partial charge >= 0.3 is 5.69 Å². The van der Waals surface area contributed by atoms with Gasteiger partial charge in [-0.1, -0.05) is 109 Å². The molecule has 0 bridgehead atoms. The van der Waals surface area contributed by atoms with Crippen molar-refractivity contribution < 1.29 is 4.92 Å². The van der Waals surface area contributed by atoms with Crippen molar-refractivity contribution in [1.29, 1.82) is 0 Å². The lowest BCUT2D eigenvalue weighted by molar-refractivity contribution is -0.383. The molecule has 3 rings (SSSR count). The minimum absolute atomic E-state index is 0.145. The summed E-state index contributed by atoms with van der Waals surface area (Å²) in [5.74, 6) is 0.377. The Morgan fingerprint density at radius 1 is 0.683 bits per heavy atom. The molecule has 0 spiro atoms. The Labute approximate surface area is 244 Å². The summed E-state index contributed by atoms with van der Waals surface area (Å²) in [6.07, 6.45) is 19.5. The summed E-state index contributed by atoms with van der Waals surface area (Å²) < 4.78 is 0. The summed E-state index contributed by atoms with van der Waals surface area (Å²) in [6, 6.07) is 16.6. The summed E-state index contributed by atoms with van der Waals surface area (Å²) in [5.41, 5.74) is 1.93. The van der Waals surface area contributed by atoms with Crippen LogP contribution in [0.5, 0.6) is 0 Å². The number of unbranched alkanes of at least 4 members (excludes halogenated alkanes) is 13. The fourth-order valence-electron chi connectivity index (χ4n) is 4.66. The van der Waals surface area contributed by atoms with Gasteiger partial charge in [0, 0.05) is 12.2 Å². The Bertz CT molecular complexity index is 1170. The number of aromatic nitrogens is 2. The standard InChI is InChI=1S/C32H45N7O2/c1-2-3-4-5-6-7-8-9-10-11-12-13-14-18-25-33-31-30(39(40)41)32(35-26-34-31)36-27-21-23-29(24-22-27)38-37-28-19-16-15-17-20-28/h15-17,19-24,26H,2-14,18,25H2,1H3,(H2,33,34,35,36). The van der Waals surface area contributed by atoms with Gasteiger partial charge in [0.1, 0.15) is 6.33 Å². The maximum absolute atomic E-state index is 11.9. The average Bonchev–Trinajstić information content (AvgIpc) is 2.99. The number of nitrogens with zero attached hydrogens (tertiary/aromatic N) is 5. The highest BCUT2D eigenvalue weighted by molar-refractivity contribution is 5.74. The quantitative estimate of drug-likeness (QED) is 0.0580. The molecular formula is C32H45N7O2. The second-order valence-corrected chi connectivity index (χ2v) is 10.4. The first-order chi connectivity index (χ1) is 20.2. The zero-order valence-corrected chi connectivity index (χ0v) is 24.4. The molecule has 2 N–H and O–H groups in total. The van der Waals surface area contributed by atoms with Gasteiger partial charge in [0.05, 0.1) is 16.3 Å². The van der Waals surface area contributed by atoms with Crippen LogP contribution in [0.15, 0.2) is 71.2 Å². The average molecular weight is 560 g/mol. The van der Waals surface area contributed by atoms with Gasteiger partial charge in [-0.15, -0.1) is 0 Å².